The van der Waals surface area contributed by atoms with Gasteiger partial charge in [-0.25, -0.2) is 13.4 Å². The lowest BCUT2D eigenvalue weighted by atomic mass is 9.81. The first-order valence-electron chi connectivity index (χ1n) is 8.63. The van der Waals surface area contributed by atoms with Gasteiger partial charge in [0, 0.05) is 12.4 Å². The van der Waals surface area contributed by atoms with Crippen molar-refractivity contribution in [2.45, 2.75) is 43.3 Å². The van der Waals surface area contributed by atoms with Crippen LogP contribution in [0.2, 0.25) is 0 Å². The summed E-state index contributed by atoms with van der Waals surface area (Å²) in [6.45, 7) is 0. The van der Waals surface area contributed by atoms with E-state index < -0.39 is 21.5 Å². The lowest BCUT2D eigenvalue weighted by Crippen LogP contribution is -2.38. The van der Waals surface area contributed by atoms with Crippen molar-refractivity contribution in [3.05, 3.63) is 48.3 Å². The molecule has 0 saturated heterocycles. The highest BCUT2D eigenvalue weighted by Crippen LogP contribution is 2.34. The number of benzene rings is 1. The number of hydrogen-bond acceptors (Lipinski definition) is 4. The van der Waals surface area contributed by atoms with Gasteiger partial charge < -0.3 is 10.3 Å². The molecule has 2 aromatic rings. The number of nitrogens with one attached hydrogen (secondary N) is 2. The minimum Gasteiger partial charge on any atom is -0.348 e. The van der Waals surface area contributed by atoms with E-state index in [9.17, 15) is 13.2 Å². The summed E-state index contributed by atoms with van der Waals surface area (Å²) in [6, 6.07) is 9.64. The van der Waals surface area contributed by atoms with Crippen LogP contribution in [0.3, 0.4) is 0 Å². The van der Waals surface area contributed by atoms with Crippen molar-refractivity contribution in [2.24, 2.45) is 5.92 Å². The molecule has 1 aromatic heterocycles. The molecule has 1 amide bonds. The van der Waals surface area contributed by atoms with Crippen molar-refractivity contribution >= 4 is 15.7 Å². The lowest BCUT2D eigenvalue weighted by Gasteiger charge is -2.31. The van der Waals surface area contributed by atoms with Gasteiger partial charge >= 0.3 is 0 Å². The van der Waals surface area contributed by atoms with Gasteiger partial charge in [-0.1, -0.05) is 49.6 Å². The molecule has 0 spiro atoms. The molecule has 1 fully saturated rings. The topological polar surface area (TPSA) is 91.9 Å². The molecule has 0 radical (unpaired) electrons. The number of carbonyl (C=O) groups is 1. The lowest BCUT2D eigenvalue weighted by molar-refractivity contribution is -0.119. The van der Waals surface area contributed by atoms with Gasteiger partial charge in [-0.05, 0) is 24.3 Å². The number of aromatic nitrogens is 2. The van der Waals surface area contributed by atoms with Crippen LogP contribution in [0.4, 0.5) is 0 Å². The molecule has 1 aliphatic rings. The summed E-state index contributed by atoms with van der Waals surface area (Å²) in [4.78, 5) is 18.7. The number of hydrogen-bond donors (Lipinski definition) is 2. The first-order valence-corrected chi connectivity index (χ1v) is 10.3. The average molecular weight is 361 g/mol. The van der Waals surface area contributed by atoms with E-state index in [1.807, 2.05) is 30.3 Å². The molecule has 25 heavy (non-hydrogen) atoms. The van der Waals surface area contributed by atoms with Crippen LogP contribution in [0.15, 0.2) is 47.9 Å². The van der Waals surface area contributed by atoms with Gasteiger partial charge in [-0.15, -0.1) is 0 Å². The molecule has 134 valence electrons. The third-order valence-electron chi connectivity index (χ3n) is 4.69. The van der Waals surface area contributed by atoms with Crippen molar-refractivity contribution in [1.29, 1.82) is 0 Å². The first kappa shape index (κ1) is 17.7. The third kappa shape index (κ3) is 4.48. The zero-order valence-electron chi connectivity index (χ0n) is 14.0. The van der Waals surface area contributed by atoms with E-state index in [1.54, 1.807) is 0 Å². The predicted octanol–water partition coefficient (Wildman–Crippen LogP) is 2.62. The van der Waals surface area contributed by atoms with Crippen LogP contribution in [0.25, 0.3) is 0 Å². The summed E-state index contributed by atoms with van der Waals surface area (Å²) in [5.74, 6) is -0.751. The van der Waals surface area contributed by atoms with Crippen molar-refractivity contribution in [1.82, 2.24) is 15.3 Å². The number of aromatic amines is 1. The van der Waals surface area contributed by atoms with Crippen LogP contribution in [-0.2, 0) is 14.6 Å². The van der Waals surface area contributed by atoms with Crippen molar-refractivity contribution < 1.29 is 13.2 Å². The maximum atomic E-state index is 12.4. The molecule has 0 bridgehead atoms. The van der Waals surface area contributed by atoms with Crippen molar-refractivity contribution in [3.8, 4) is 0 Å². The number of rotatable bonds is 6. The van der Waals surface area contributed by atoms with Crippen LogP contribution >= 0.6 is 0 Å². The molecule has 1 aliphatic carbocycles. The number of sulfone groups is 1. The van der Waals surface area contributed by atoms with E-state index in [4.69, 9.17) is 0 Å². The highest BCUT2D eigenvalue weighted by Gasteiger charge is 2.29. The molecular formula is C18H23N3O3S. The molecule has 6 nitrogen and oxygen atoms in total. The van der Waals surface area contributed by atoms with Gasteiger partial charge in [0.15, 0.2) is 0 Å². The molecular weight excluding hydrogens is 338 g/mol. The fourth-order valence-electron chi connectivity index (χ4n) is 3.48. The first-order chi connectivity index (χ1) is 12.1. The zero-order valence-corrected chi connectivity index (χ0v) is 14.8. The van der Waals surface area contributed by atoms with Gasteiger partial charge in [0.25, 0.3) is 0 Å². The molecule has 1 atom stereocenters. The fourth-order valence-corrected chi connectivity index (χ4v) is 4.51. The molecule has 1 aromatic carbocycles. The largest absolute Gasteiger partial charge is 0.348 e. The number of amides is 1. The zero-order chi connectivity index (χ0) is 17.7. The van der Waals surface area contributed by atoms with E-state index in [1.165, 1.54) is 18.8 Å². The Balaban J connectivity index is 1.74. The quantitative estimate of drug-likeness (QED) is 0.827. The molecule has 2 N–H and O–H groups in total. The standard InChI is InChI=1S/C18H23N3O3S/c22-16(13-25(23,24)18-19-11-12-20-18)21-17(14-7-3-1-4-8-14)15-9-5-2-6-10-15/h1,3-4,7-8,11-12,15,17H,2,5-6,9-10,13H2,(H,19,20)(H,21,22). The Kier molecular flexibility index (Phi) is 5.53. The Bertz CT molecular complexity index is 782. The molecule has 1 unspecified atom stereocenters. The Morgan fingerprint density at radius 1 is 1.20 bits per heavy atom. The summed E-state index contributed by atoms with van der Waals surface area (Å²) in [5.41, 5.74) is 1.03. The highest BCUT2D eigenvalue weighted by molar-refractivity contribution is 7.91. The number of H-pyrrole nitrogens is 1. The molecule has 7 heteroatoms. The fraction of sp³-hybridized carbons (Fsp3) is 0.444. The summed E-state index contributed by atoms with van der Waals surface area (Å²) in [7, 11) is -3.75. The van der Waals surface area contributed by atoms with Gasteiger partial charge in [0.05, 0.1) is 6.04 Å². The summed E-state index contributed by atoms with van der Waals surface area (Å²) >= 11 is 0. The number of nitrogens with zero attached hydrogens (tertiary/aromatic N) is 1. The van der Waals surface area contributed by atoms with E-state index in [-0.39, 0.29) is 11.2 Å². The second-order valence-electron chi connectivity index (χ2n) is 6.51. The van der Waals surface area contributed by atoms with Crippen LogP contribution in [0.1, 0.15) is 43.7 Å². The van der Waals surface area contributed by atoms with E-state index in [0.717, 1.165) is 31.2 Å². The minimum absolute atomic E-state index is 0.152. The van der Waals surface area contributed by atoms with Crippen LogP contribution in [0, 0.1) is 5.92 Å². The van der Waals surface area contributed by atoms with Crippen LogP contribution in [0.5, 0.6) is 0 Å². The van der Waals surface area contributed by atoms with Crippen LogP contribution < -0.4 is 5.32 Å². The van der Waals surface area contributed by atoms with E-state index in [0.29, 0.717) is 5.92 Å². The maximum absolute atomic E-state index is 12.4. The summed E-state index contributed by atoms with van der Waals surface area (Å²) in [6.07, 6.45) is 8.40. The highest BCUT2D eigenvalue weighted by atomic mass is 32.2. The molecule has 0 aliphatic heterocycles. The van der Waals surface area contributed by atoms with Gasteiger partial charge in [0.2, 0.25) is 20.9 Å². The van der Waals surface area contributed by atoms with Gasteiger partial charge in [-0.2, -0.15) is 0 Å². The molecule has 1 heterocycles. The number of carbonyl (C=O) groups excluding carboxylic acids is 1. The number of imidazole rings is 1. The summed E-state index contributed by atoms with van der Waals surface area (Å²) < 4.78 is 24.5. The summed E-state index contributed by atoms with van der Waals surface area (Å²) in [5, 5.41) is 2.79. The van der Waals surface area contributed by atoms with E-state index >= 15 is 0 Å². The van der Waals surface area contributed by atoms with E-state index in [2.05, 4.69) is 15.3 Å². The SMILES string of the molecule is O=C(CS(=O)(=O)c1ncc[nH]1)NC(c1ccccc1)C1CCCCC1. The van der Waals surface area contributed by atoms with Crippen molar-refractivity contribution in [3.63, 3.8) is 0 Å². The Hall–Kier alpha value is -2.15. The molecule has 1 saturated carbocycles. The van der Waals surface area contributed by atoms with Crippen LogP contribution in [-0.4, -0.2) is 30.0 Å². The Morgan fingerprint density at radius 3 is 2.56 bits per heavy atom. The Morgan fingerprint density at radius 2 is 1.92 bits per heavy atom. The molecule has 3 rings (SSSR count). The van der Waals surface area contributed by atoms with Gasteiger partial charge in [-0.3, -0.25) is 4.79 Å². The smallest absolute Gasteiger partial charge is 0.236 e. The average Bonchev–Trinajstić information content (AvgIpc) is 3.16. The second-order valence-corrected chi connectivity index (χ2v) is 8.41. The Labute approximate surface area is 148 Å². The van der Waals surface area contributed by atoms with Gasteiger partial charge in [0.1, 0.15) is 5.75 Å². The predicted molar refractivity (Wildman–Crippen MR) is 94.5 cm³/mol. The second kappa shape index (κ2) is 7.82. The van der Waals surface area contributed by atoms with Crippen molar-refractivity contribution in [2.75, 3.05) is 5.75 Å². The maximum Gasteiger partial charge on any atom is 0.236 e. The monoisotopic (exact) mass is 361 g/mol. The normalized spacial score (nSPS) is 17.1. The minimum atomic E-state index is -3.75. The third-order valence-corrected chi connectivity index (χ3v) is 6.14.